The number of nitro groups is 1. The van der Waals surface area contributed by atoms with Crippen molar-refractivity contribution in [2.45, 2.75) is 19.9 Å². The van der Waals surface area contributed by atoms with Gasteiger partial charge in [0, 0.05) is 12.6 Å². The highest BCUT2D eigenvalue weighted by atomic mass is 35.5. The Labute approximate surface area is 152 Å². The van der Waals surface area contributed by atoms with Crippen LogP contribution in [0, 0.1) is 10.1 Å². The fourth-order valence-electron chi connectivity index (χ4n) is 2.56. The number of amides is 1. The number of thiazole rings is 1. The minimum Gasteiger partial charge on any atom is -0.315 e. The number of carbonyl (C=O) groups is 1. The first kappa shape index (κ1) is 17.3. The lowest BCUT2D eigenvalue weighted by molar-refractivity contribution is -0.385. The maximum absolute atomic E-state index is 12.5. The number of nitrogens with zero attached hydrogens (tertiary/aromatic N) is 3. The maximum Gasteiger partial charge on any atom is 0.286 e. The van der Waals surface area contributed by atoms with Crippen LogP contribution >= 0.6 is 22.9 Å². The third-order valence-electron chi connectivity index (χ3n) is 3.63. The van der Waals surface area contributed by atoms with Gasteiger partial charge >= 0.3 is 0 Å². The van der Waals surface area contributed by atoms with E-state index in [1.54, 1.807) is 12.1 Å². The van der Waals surface area contributed by atoms with Crippen molar-refractivity contribution < 1.29 is 9.72 Å². The Bertz CT molecular complexity index is 1040. The first-order valence-electron chi connectivity index (χ1n) is 7.63. The lowest BCUT2D eigenvalue weighted by atomic mass is 10.2. The Morgan fingerprint density at radius 1 is 1.28 bits per heavy atom. The largest absolute Gasteiger partial charge is 0.315 e. The van der Waals surface area contributed by atoms with E-state index in [-0.39, 0.29) is 11.3 Å². The molecule has 0 saturated heterocycles. The molecule has 0 fully saturated rings. The summed E-state index contributed by atoms with van der Waals surface area (Å²) in [4.78, 5) is 27.7. The van der Waals surface area contributed by atoms with E-state index in [9.17, 15) is 14.9 Å². The summed E-state index contributed by atoms with van der Waals surface area (Å²) in [6.45, 7) is 2.66. The zero-order valence-electron chi connectivity index (χ0n) is 13.3. The van der Waals surface area contributed by atoms with E-state index in [1.807, 2.05) is 23.6 Å². The first-order chi connectivity index (χ1) is 12.0. The fourth-order valence-corrected chi connectivity index (χ4v) is 3.98. The lowest BCUT2D eigenvalue weighted by Crippen LogP contribution is -2.17. The van der Waals surface area contributed by atoms with Crippen LogP contribution in [0.5, 0.6) is 0 Å². The van der Waals surface area contributed by atoms with Crippen molar-refractivity contribution in [3.8, 4) is 0 Å². The molecule has 1 amide bonds. The fraction of sp³-hybridized carbons (Fsp3) is 0.176. The van der Waals surface area contributed by atoms with Crippen molar-refractivity contribution in [1.29, 1.82) is 0 Å². The smallest absolute Gasteiger partial charge is 0.286 e. The van der Waals surface area contributed by atoms with Crippen LogP contribution in [-0.2, 0) is 6.54 Å². The van der Waals surface area contributed by atoms with E-state index >= 15 is 0 Å². The van der Waals surface area contributed by atoms with Crippen molar-refractivity contribution in [1.82, 2.24) is 4.57 Å². The maximum atomic E-state index is 12.5. The molecule has 2 aromatic carbocycles. The summed E-state index contributed by atoms with van der Waals surface area (Å²) in [5.74, 6) is -0.639. The summed E-state index contributed by atoms with van der Waals surface area (Å²) in [6.07, 6.45) is 0.837. The molecule has 128 valence electrons. The second kappa shape index (κ2) is 7.16. The van der Waals surface area contributed by atoms with E-state index in [0.29, 0.717) is 16.4 Å². The summed E-state index contributed by atoms with van der Waals surface area (Å²) >= 11 is 7.64. The number of halogens is 1. The second-order valence-corrected chi connectivity index (χ2v) is 6.73. The van der Waals surface area contributed by atoms with Gasteiger partial charge in [0.25, 0.3) is 11.6 Å². The number of benzene rings is 2. The van der Waals surface area contributed by atoms with Gasteiger partial charge in [-0.2, -0.15) is 4.99 Å². The van der Waals surface area contributed by atoms with E-state index in [4.69, 9.17) is 11.6 Å². The molecule has 0 saturated carbocycles. The van der Waals surface area contributed by atoms with Crippen LogP contribution in [0.3, 0.4) is 0 Å². The molecule has 3 rings (SSSR count). The average molecular weight is 376 g/mol. The van der Waals surface area contributed by atoms with Crippen LogP contribution in [0.25, 0.3) is 10.2 Å². The molecule has 0 bridgehead atoms. The predicted molar refractivity (Wildman–Crippen MR) is 98.1 cm³/mol. The number of fused-ring (bicyclic) bond motifs is 1. The summed E-state index contributed by atoms with van der Waals surface area (Å²) < 4.78 is 2.80. The predicted octanol–water partition coefficient (Wildman–Crippen LogP) is 4.42. The highest BCUT2D eigenvalue weighted by Gasteiger charge is 2.19. The van der Waals surface area contributed by atoms with Gasteiger partial charge in [0.2, 0.25) is 0 Å². The van der Waals surface area contributed by atoms with Gasteiger partial charge < -0.3 is 4.57 Å². The highest BCUT2D eigenvalue weighted by molar-refractivity contribution is 7.16. The number of rotatable bonds is 4. The van der Waals surface area contributed by atoms with Crippen LogP contribution < -0.4 is 4.80 Å². The van der Waals surface area contributed by atoms with Crippen molar-refractivity contribution >= 4 is 44.7 Å². The molecular formula is C17H14ClN3O3S. The normalized spacial score (nSPS) is 11.8. The van der Waals surface area contributed by atoms with E-state index < -0.39 is 10.8 Å². The van der Waals surface area contributed by atoms with Gasteiger partial charge in [-0.25, -0.2) is 0 Å². The molecule has 1 aromatic heterocycles. The van der Waals surface area contributed by atoms with Gasteiger partial charge in [-0.3, -0.25) is 14.9 Å². The van der Waals surface area contributed by atoms with Crippen LogP contribution in [0.15, 0.2) is 47.5 Å². The lowest BCUT2D eigenvalue weighted by Gasteiger charge is -2.04. The Kier molecular flexibility index (Phi) is 4.96. The van der Waals surface area contributed by atoms with Crippen LogP contribution in [-0.4, -0.2) is 15.4 Å². The topological polar surface area (TPSA) is 77.5 Å². The quantitative estimate of drug-likeness (QED) is 0.500. The highest BCUT2D eigenvalue weighted by Crippen LogP contribution is 2.26. The first-order valence-corrected chi connectivity index (χ1v) is 8.82. The molecule has 0 aliphatic carbocycles. The Balaban J connectivity index is 2.19. The van der Waals surface area contributed by atoms with Gasteiger partial charge in [0.1, 0.15) is 5.56 Å². The zero-order valence-corrected chi connectivity index (χ0v) is 14.9. The van der Waals surface area contributed by atoms with Crippen LogP contribution in [0.4, 0.5) is 5.69 Å². The number of para-hydroxylation sites is 2. The molecule has 3 aromatic rings. The Hall–Kier alpha value is -2.51. The Morgan fingerprint density at radius 3 is 2.76 bits per heavy atom. The number of hydrogen-bond donors (Lipinski definition) is 0. The van der Waals surface area contributed by atoms with Gasteiger partial charge in [-0.05, 0) is 24.6 Å². The van der Waals surface area contributed by atoms with Crippen LogP contribution in [0.1, 0.15) is 23.7 Å². The molecule has 0 aliphatic rings. The molecule has 0 spiro atoms. The molecule has 25 heavy (non-hydrogen) atoms. The Morgan fingerprint density at radius 2 is 2.04 bits per heavy atom. The van der Waals surface area contributed by atoms with Crippen molar-refractivity contribution in [3.05, 3.63) is 68.0 Å². The molecule has 0 unspecified atom stereocenters. The minimum absolute atomic E-state index is 0.0286. The average Bonchev–Trinajstić information content (AvgIpc) is 2.94. The molecule has 6 nitrogen and oxygen atoms in total. The number of hydrogen-bond acceptors (Lipinski definition) is 4. The van der Waals surface area contributed by atoms with Crippen molar-refractivity contribution in [2.75, 3.05) is 0 Å². The monoisotopic (exact) mass is 375 g/mol. The number of aryl methyl sites for hydroxylation is 1. The number of aromatic nitrogens is 1. The van der Waals surface area contributed by atoms with E-state index in [1.165, 1.54) is 29.5 Å². The summed E-state index contributed by atoms with van der Waals surface area (Å²) in [5.41, 5.74) is 0.543. The van der Waals surface area contributed by atoms with Crippen molar-refractivity contribution in [3.63, 3.8) is 0 Å². The summed E-state index contributed by atoms with van der Waals surface area (Å²) in [6, 6.07) is 11.3. The third-order valence-corrected chi connectivity index (χ3v) is 4.98. The van der Waals surface area contributed by atoms with Crippen molar-refractivity contribution in [2.24, 2.45) is 4.99 Å². The zero-order chi connectivity index (χ0) is 18.0. The molecule has 0 atom stereocenters. The summed E-state index contributed by atoms with van der Waals surface area (Å²) in [5, 5.41) is 11.7. The third kappa shape index (κ3) is 3.33. The molecule has 0 radical (unpaired) electrons. The van der Waals surface area contributed by atoms with Gasteiger partial charge in [0.15, 0.2) is 4.80 Å². The van der Waals surface area contributed by atoms with Crippen LogP contribution in [0.2, 0.25) is 5.02 Å². The van der Waals surface area contributed by atoms with E-state index in [2.05, 4.69) is 4.99 Å². The molecular weight excluding hydrogens is 362 g/mol. The minimum atomic E-state index is -0.639. The molecule has 1 heterocycles. The van der Waals surface area contributed by atoms with Gasteiger partial charge in [-0.1, -0.05) is 48.1 Å². The SMILES string of the molecule is CCCn1c(=NC(=O)c2ccccc2[N+](=O)[O-])sc2cccc(Cl)c21. The second-order valence-electron chi connectivity index (χ2n) is 5.31. The standard InChI is InChI=1S/C17H14ClN3O3S/c1-2-10-20-15-12(18)7-5-9-14(15)25-17(20)19-16(22)11-6-3-4-8-13(11)21(23)24/h3-9H,2,10H2,1H3. The molecule has 0 aliphatic heterocycles. The van der Waals surface area contributed by atoms with Gasteiger partial charge in [0.05, 0.1) is 20.2 Å². The number of nitro benzene ring substituents is 1. The van der Waals surface area contributed by atoms with Gasteiger partial charge in [-0.15, -0.1) is 0 Å². The summed E-state index contributed by atoms with van der Waals surface area (Å²) in [7, 11) is 0. The number of carbonyl (C=O) groups excluding carboxylic acids is 1. The molecule has 8 heteroatoms. The van der Waals surface area contributed by atoms with E-state index in [0.717, 1.165) is 16.6 Å². The molecule has 0 N–H and O–H groups in total.